The molecule has 3 rings (SSSR count). The number of aryl methyl sites for hydroxylation is 2. The predicted octanol–water partition coefficient (Wildman–Crippen LogP) is 2.92. The summed E-state index contributed by atoms with van der Waals surface area (Å²) in [5.41, 5.74) is 1.49. The first-order valence-electron chi connectivity index (χ1n) is 7.99. The summed E-state index contributed by atoms with van der Waals surface area (Å²) in [7, 11) is 0. The van der Waals surface area contributed by atoms with Crippen LogP contribution in [0.5, 0.6) is 0 Å². The summed E-state index contributed by atoms with van der Waals surface area (Å²) in [6.45, 7) is 1.82. The number of carboxylic acids is 1. The Bertz CT molecular complexity index is 765. The molecule has 7 nitrogen and oxygen atoms in total. The van der Waals surface area contributed by atoms with Crippen LogP contribution in [0.15, 0.2) is 22.7 Å². The van der Waals surface area contributed by atoms with Crippen LogP contribution in [0.3, 0.4) is 0 Å². The van der Waals surface area contributed by atoms with Crippen molar-refractivity contribution in [3.63, 3.8) is 0 Å². The van der Waals surface area contributed by atoms with Crippen LogP contribution >= 0.6 is 0 Å². The number of carbonyl (C=O) groups excluding carboxylic acids is 1. The smallest absolute Gasteiger partial charge is 0.335 e. The van der Waals surface area contributed by atoms with E-state index >= 15 is 0 Å². The lowest BCUT2D eigenvalue weighted by atomic mass is 10.1. The molecule has 0 bridgehead atoms. The van der Waals surface area contributed by atoms with Crippen LogP contribution in [0, 0.1) is 6.92 Å². The van der Waals surface area contributed by atoms with Gasteiger partial charge in [0, 0.05) is 24.4 Å². The van der Waals surface area contributed by atoms with Crippen LogP contribution in [0.1, 0.15) is 59.2 Å². The lowest BCUT2D eigenvalue weighted by Crippen LogP contribution is -2.13. The first-order chi connectivity index (χ1) is 11.5. The molecule has 1 fully saturated rings. The molecule has 0 aliphatic heterocycles. The molecule has 24 heavy (non-hydrogen) atoms. The highest BCUT2D eigenvalue weighted by Crippen LogP contribution is 2.38. The van der Waals surface area contributed by atoms with Crippen LogP contribution in [0.2, 0.25) is 0 Å². The van der Waals surface area contributed by atoms with Crippen molar-refractivity contribution >= 4 is 17.6 Å². The van der Waals surface area contributed by atoms with Crippen molar-refractivity contribution in [1.29, 1.82) is 0 Å². The molecule has 2 aromatic rings. The standard InChI is InChI=1S/C17H19N3O4/c1-10-5-6-12(17(22)23)9-13(10)18-14(21)3-2-4-15-19-16(20-24-15)11-7-8-11/h5-6,9,11H,2-4,7-8H2,1H3,(H,18,21)(H,22,23). The summed E-state index contributed by atoms with van der Waals surface area (Å²) in [6, 6.07) is 4.66. The van der Waals surface area contributed by atoms with Gasteiger partial charge in [-0.3, -0.25) is 4.79 Å². The molecule has 0 radical (unpaired) electrons. The highest BCUT2D eigenvalue weighted by Gasteiger charge is 2.28. The van der Waals surface area contributed by atoms with Crippen molar-refractivity contribution in [2.45, 2.75) is 44.9 Å². The van der Waals surface area contributed by atoms with Gasteiger partial charge in [0.2, 0.25) is 11.8 Å². The van der Waals surface area contributed by atoms with E-state index in [1.54, 1.807) is 6.07 Å². The van der Waals surface area contributed by atoms with Gasteiger partial charge in [0.25, 0.3) is 0 Å². The number of rotatable bonds is 7. The number of hydrogen-bond donors (Lipinski definition) is 2. The zero-order valence-corrected chi connectivity index (χ0v) is 13.4. The number of carbonyl (C=O) groups is 2. The van der Waals surface area contributed by atoms with E-state index in [9.17, 15) is 9.59 Å². The highest BCUT2D eigenvalue weighted by atomic mass is 16.5. The molecular formula is C17H19N3O4. The zero-order chi connectivity index (χ0) is 17.1. The van der Waals surface area contributed by atoms with Crippen LogP contribution in [0.25, 0.3) is 0 Å². The quantitative estimate of drug-likeness (QED) is 0.809. The monoisotopic (exact) mass is 329 g/mol. The van der Waals surface area contributed by atoms with Crippen molar-refractivity contribution < 1.29 is 19.2 Å². The van der Waals surface area contributed by atoms with Gasteiger partial charge >= 0.3 is 5.97 Å². The van der Waals surface area contributed by atoms with E-state index in [4.69, 9.17) is 9.63 Å². The van der Waals surface area contributed by atoms with Gasteiger partial charge in [-0.1, -0.05) is 11.2 Å². The van der Waals surface area contributed by atoms with E-state index < -0.39 is 5.97 Å². The SMILES string of the molecule is Cc1ccc(C(=O)O)cc1NC(=O)CCCc1nc(C2CC2)no1. The summed E-state index contributed by atoms with van der Waals surface area (Å²) in [6.07, 6.45) is 3.70. The second-order valence-corrected chi connectivity index (χ2v) is 6.06. The maximum Gasteiger partial charge on any atom is 0.335 e. The predicted molar refractivity (Wildman–Crippen MR) is 86.0 cm³/mol. The third-order valence-electron chi connectivity index (χ3n) is 3.98. The summed E-state index contributed by atoms with van der Waals surface area (Å²) in [5, 5.41) is 15.7. The second kappa shape index (κ2) is 6.82. The molecule has 2 N–H and O–H groups in total. The molecular weight excluding hydrogens is 310 g/mol. The Labute approximate surface area is 139 Å². The largest absolute Gasteiger partial charge is 0.478 e. The van der Waals surface area contributed by atoms with E-state index in [1.807, 2.05) is 6.92 Å². The Kier molecular flexibility index (Phi) is 4.59. The topological polar surface area (TPSA) is 105 Å². The molecule has 1 aromatic carbocycles. The molecule has 0 atom stereocenters. The summed E-state index contributed by atoms with van der Waals surface area (Å²) < 4.78 is 5.17. The van der Waals surface area contributed by atoms with Crippen LogP contribution < -0.4 is 5.32 Å². The maximum atomic E-state index is 12.0. The number of carboxylic acid groups (broad SMARTS) is 1. The van der Waals surface area contributed by atoms with Gasteiger partial charge in [-0.05, 0) is 43.9 Å². The van der Waals surface area contributed by atoms with Crippen molar-refractivity contribution in [2.75, 3.05) is 5.32 Å². The van der Waals surface area contributed by atoms with Crippen LogP contribution in [-0.4, -0.2) is 27.1 Å². The molecule has 126 valence electrons. The highest BCUT2D eigenvalue weighted by molar-refractivity contribution is 5.94. The number of nitrogens with zero attached hydrogens (tertiary/aromatic N) is 2. The lowest BCUT2D eigenvalue weighted by Gasteiger charge is -2.09. The fourth-order valence-corrected chi connectivity index (χ4v) is 2.38. The first-order valence-corrected chi connectivity index (χ1v) is 7.99. The number of benzene rings is 1. The van der Waals surface area contributed by atoms with Gasteiger partial charge in [-0.15, -0.1) is 0 Å². The normalized spacial score (nSPS) is 13.7. The minimum atomic E-state index is -1.02. The molecule has 0 unspecified atom stereocenters. The number of anilines is 1. The Balaban J connectivity index is 1.50. The fraction of sp³-hybridized carbons (Fsp3) is 0.412. The second-order valence-electron chi connectivity index (χ2n) is 6.06. The third kappa shape index (κ3) is 3.98. The molecule has 7 heteroatoms. The molecule has 1 aliphatic carbocycles. The van der Waals surface area contributed by atoms with E-state index in [0.717, 1.165) is 24.2 Å². The molecule has 1 aromatic heterocycles. The number of nitrogens with one attached hydrogen (secondary N) is 1. The van der Waals surface area contributed by atoms with Crippen molar-refractivity contribution in [3.8, 4) is 0 Å². The molecule has 1 amide bonds. The van der Waals surface area contributed by atoms with Crippen molar-refractivity contribution in [2.24, 2.45) is 0 Å². The number of aromatic carboxylic acids is 1. The van der Waals surface area contributed by atoms with Gasteiger partial charge in [0.15, 0.2) is 5.82 Å². The van der Waals surface area contributed by atoms with Crippen LogP contribution in [-0.2, 0) is 11.2 Å². The fourth-order valence-electron chi connectivity index (χ4n) is 2.38. The molecule has 1 heterocycles. The van der Waals surface area contributed by atoms with E-state index in [0.29, 0.717) is 36.8 Å². The molecule has 1 saturated carbocycles. The number of aromatic nitrogens is 2. The average Bonchev–Trinajstić information content (AvgIpc) is 3.29. The Morgan fingerprint density at radius 2 is 2.17 bits per heavy atom. The van der Waals surface area contributed by atoms with E-state index in [-0.39, 0.29) is 11.5 Å². The van der Waals surface area contributed by atoms with Crippen molar-refractivity contribution in [1.82, 2.24) is 10.1 Å². The van der Waals surface area contributed by atoms with Gasteiger partial charge in [0.05, 0.1) is 5.56 Å². The van der Waals surface area contributed by atoms with Crippen molar-refractivity contribution in [3.05, 3.63) is 41.0 Å². The molecule has 0 spiro atoms. The van der Waals surface area contributed by atoms with Gasteiger partial charge < -0.3 is 14.9 Å². The number of hydrogen-bond acceptors (Lipinski definition) is 5. The molecule has 0 saturated heterocycles. The number of amides is 1. The first kappa shape index (κ1) is 16.2. The summed E-state index contributed by atoms with van der Waals surface area (Å²) in [4.78, 5) is 27.4. The van der Waals surface area contributed by atoms with Gasteiger partial charge in [0.1, 0.15) is 0 Å². The zero-order valence-electron chi connectivity index (χ0n) is 13.4. The third-order valence-corrected chi connectivity index (χ3v) is 3.98. The van der Waals surface area contributed by atoms with Gasteiger partial charge in [-0.2, -0.15) is 4.98 Å². The van der Waals surface area contributed by atoms with Crippen LogP contribution in [0.4, 0.5) is 5.69 Å². The minimum absolute atomic E-state index is 0.148. The molecule has 1 aliphatic rings. The van der Waals surface area contributed by atoms with Gasteiger partial charge in [-0.25, -0.2) is 4.79 Å². The minimum Gasteiger partial charge on any atom is -0.478 e. The average molecular weight is 329 g/mol. The Morgan fingerprint density at radius 1 is 1.38 bits per heavy atom. The lowest BCUT2D eigenvalue weighted by molar-refractivity contribution is -0.116. The summed E-state index contributed by atoms with van der Waals surface area (Å²) in [5.74, 6) is 0.607. The summed E-state index contributed by atoms with van der Waals surface area (Å²) >= 11 is 0. The maximum absolute atomic E-state index is 12.0. The Hall–Kier alpha value is -2.70. The Morgan fingerprint density at radius 3 is 2.88 bits per heavy atom. The van der Waals surface area contributed by atoms with E-state index in [1.165, 1.54) is 12.1 Å². The van der Waals surface area contributed by atoms with E-state index in [2.05, 4.69) is 15.5 Å².